The summed E-state index contributed by atoms with van der Waals surface area (Å²) in [6.07, 6.45) is 1.97. The molecule has 2 fully saturated rings. The minimum atomic E-state index is 0. The predicted molar refractivity (Wildman–Crippen MR) is 134 cm³/mol. The molecule has 0 aliphatic carbocycles. The molecule has 6 nitrogen and oxygen atoms in total. The van der Waals surface area contributed by atoms with Gasteiger partial charge in [-0.1, -0.05) is 19.9 Å². The zero-order chi connectivity index (χ0) is 20.3. The van der Waals surface area contributed by atoms with Gasteiger partial charge in [-0.25, -0.2) is 0 Å². The summed E-state index contributed by atoms with van der Waals surface area (Å²) < 4.78 is 16.9. The van der Waals surface area contributed by atoms with Crippen molar-refractivity contribution in [3.8, 4) is 11.5 Å². The second kappa shape index (κ2) is 10.6. The molecule has 168 valence electrons. The van der Waals surface area contributed by atoms with E-state index in [0.29, 0.717) is 18.0 Å². The van der Waals surface area contributed by atoms with Gasteiger partial charge in [-0.2, -0.15) is 11.8 Å². The molecule has 30 heavy (non-hydrogen) atoms. The summed E-state index contributed by atoms with van der Waals surface area (Å²) >= 11 is 2.09. The van der Waals surface area contributed by atoms with E-state index in [1.54, 1.807) is 0 Å². The number of fused-ring (bicyclic) bond motifs is 1. The van der Waals surface area contributed by atoms with Gasteiger partial charge in [0.2, 0.25) is 6.79 Å². The zero-order valence-corrected chi connectivity index (χ0v) is 21.3. The van der Waals surface area contributed by atoms with Gasteiger partial charge in [0.15, 0.2) is 17.5 Å². The van der Waals surface area contributed by atoms with Crippen molar-refractivity contribution in [1.29, 1.82) is 0 Å². The Bertz CT molecular complexity index is 740. The molecule has 1 aromatic rings. The fraction of sp³-hybridized carbons (Fsp3) is 0.682. The van der Waals surface area contributed by atoms with Gasteiger partial charge in [0.1, 0.15) is 0 Å². The molecule has 0 aromatic heterocycles. The standard InChI is InChI=1S/C22H33N3O3S.HI/c1-16(2)20-13-25(8-11-29-20)21(23-3)24-14-22(6-9-26-10-7-22)17-4-5-18-19(12-17)28-15-27-18;/h4-5,12,16,20H,6-11,13-15H2,1-3H3,(H,23,24);1H. The molecular formula is C22H34IN3O3S. The van der Waals surface area contributed by atoms with Crippen molar-refractivity contribution in [2.45, 2.75) is 37.4 Å². The first kappa shape index (κ1) is 23.8. The highest BCUT2D eigenvalue weighted by Crippen LogP contribution is 2.40. The SMILES string of the molecule is CN=C(NCC1(c2ccc3c(c2)OCO3)CCOCC1)N1CCSC(C(C)C)C1.I. The van der Waals surface area contributed by atoms with Crippen molar-refractivity contribution < 1.29 is 14.2 Å². The van der Waals surface area contributed by atoms with E-state index in [0.717, 1.165) is 68.9 Å². The topological polar surface area (TPSA) is 55.3 Å². The van der Waals surface area contributed by atoms with E-state index in [1.165, 1.54) is 5.56 Å². The second-order valence-electron chi connectivity index (χ2n) is 8.46. The molecule has 1 aromatic carbocycles. The normalized spacial score (nSPS) is 23.3. The summed E-state index contributed by atoms with van der Waals surface area (Å²) in [5, 5.41) is 4.37. The molecule has 1 atom stereocenters. The van der Waals surface area contributed by atoms with Crippen LogP contribution in [0.2, 0.25) is 0 Å². The third-order valence-corrected chi connectivity index (χ3v) is 7.91. The van der Waals surface area contributed by atoms with E-state index in [9.17, 15) is 0 Å². The van der Waals surface area contributed by atoms with Crippen LogP contribution in [0.1, 0.15) is 32.3 Å². The van der Waals surface area contributed by atoms with Gasteiger partial charge in [0.25, 0.3) is 0 Å². The number of benzene rings is 1. The molecule has 3 aliphatic heterocycles. The minimum absolute atomic E-state index is 0. The Morgan fingerprint density at radius 1 is 1.27 bits per heavy atom. The lowest BCUT2D eigenvalue weighted by Gasteiger charge is -2.41. The maximum absolute atomic E-state index is 5.70. The van der Waals surface area contributed by atoms with Crippen LogP contribution < -0.4 is 14.8 Å². The van der Waals surface area contributed by atoms with Gasteiger partial charge in [0.05, 0.1) is 0 Å². The number of hydrogen-bond donors (Lipinski definition) is 1. The number of aliphatic imine (C=N–C) groups is 1. The van der Waals surface area contributed by atoms with Crippen molar-refractivity contribution in [2.24, 2.45) is 10.9 Å². The number of ether oxygens (including phenoxy) is 3. The summed E-state index contributed by atoms with van der Waals surface area (Å²) in [5.74, 6) is 4.54. The highest BCUT2D eigenvalue weighted by molar-refractivity contribution is 14.0. The summed E-state index contributed by atoms with van der Waals surface area (Å²) in [5.41, 5.74) is 1.30. The van der Waals surface area contributed by atoms with E-state index >= 15 is 0 Å². The van der Waals surface area contributed by atoms with Crippen LogP contribution in [0.3, 0.4) is 0 Å². The summed E-state index contributed by atoms with van der Waals surface area (Å²) in [6.45, 7) is 9.45. The minimum Gasteiger partial charge on any atom is -0.454 e. The smallest absolute Gasteiger partial charge is 0.231 e. The molecule has 1 unspecified atom stereocenters. The number of hydrogen-bond acceptors (Lipinski definition) is 5. The van der Waals surface area contributed by atoms with Gasteiger partial charge < -0.3 is 24.4 Å². The lowest BCUT2D eigenvalue weighted by atomic mass is 9.74. The summed E-state index contributed by atoms with van der Waals surface area (Å²) in [6, 6.07) is 6.39. The predicted octanol–water partition coefficient (Wildman–Crippen LogP) is 3.73. The maximum Gasteiger partial charge on any atom is 0.231 e. The fourth-order valence-electron chi connectivity index (χ4n) is 4.41. The van der Waals surface area contributed by atoms with E-state index in [1.807, 2.05) is 13.1 Å². The summed E-state index contributed by atoms with van der Waals surface area (Å²) in [4.78, 5) is 7.04. The van der Waals surface area contributed by atoms with Crippen LogP contribution in [-0.4, -0.2) is 68.6 Å². The number of rotatable bonds is 4. The molecule has 3 heterocycles. The van der Waals surface area contributed by atoms with Crippen molar-refractivity contribution in [3.63, 3.8) is 0 Å². The molecule has 0 amide bonds. The van der Waals surface area contributed by atoms with Gasteiger partial charge in [-0.15, -0.1) is 24.0 Å². The van der Waals surface area contributed by atoms with Crippen LogP contribution in [0.15, 0.2) is 23.2 Å². The van der Waals surface area contributed by atoms with Crippen LogP contribution in [0.4, 0.5) is 0 Å². The van der Waals surface area contributed by atoms with Crippen LogP contribution in [0.25, 0.3) is 0 Å². The molecule has 8 heteroatoms. The monoisotopic (exact) mass is 547 g/mol. The van der Waals surface area contributed by atoms with Gasteiger partial charge in [-0.3, -0.25) is 4.99 Å². The quantitative estimate of drug-likeness (QED) is 0.353. The maximum atomic E-state index is 5.70. The first-order chi connectivity index (χ1) is 14.1. The third kappa shape index (κ3) is 5.12. The summed E-state index contributed by atoms with van der Waals surface area (Å²) in [7, 11) is 1.89. The molecule has 3 aliphatic rings. The van der Waals surface area contributed by atoms with Crippen LogP contribution in [0, 0.1) is 5.92 Å². The van der Waals surface area contributed by atoms with Gasteiger partial charge in [-0.05, 0) is 36.5 Å². The molecule has 4 rings (SSSR count). The van der Waals surface area contributed by atoms with Crippen LogP contribution in [-0.2, 0) is 10.2 Å². The second-order valence-corrected chi connectivity index (χ2v) is 9.81. The van der Waals surface area contributed by atoms with Crippen LogP contribution >= 0.6 is 35.7 Å². The van der Waals surface area contributed by atoms with Gasteiger partial charge >= 0.3 is 0 Å². The van der Waals surface area contributed by atoms with Gasteiger partial charge in [0, 0.05) is 56.3 Å². The molecule has 1 N–H and O–H groups in total. The molecule has 0 saturated carbocycles. The number of halogens is 1. The van der Waals surface area contributed by atoms with Crippen molar-refractivity contribution in [1.82, 2.24) is 10.2 Å². The van der Waals surface area contributed by atoms with E-state index in [4.69, 9.17) is 14.2 Å². The van der Waals surface area contributed by atoms with E-state index < -0.39 is 0 Å². The Morgan fingerprint density at radius 3 is 2.77 bits per heavy atom. The first-order valence-electron chi connectivity index (χ1n) is 10.7. The average molecular weight is 548 g/mol. The lowest BCUT2D eigenvalue weighted by molar-refractivity contribution is 0.0511. The molecule has 0 bridgehead atoms. The zero-order valence-electron chi connectivity index (χ0n) is 18.2. The molecular weight excluding hydrogens is 513 g/mol. The molecule has 0 radical (unpaired) electrons. The Labute approximate surface area is 201 Å². The third-order valence-electron chi connectivity index (χ3n) is 6.37. The number of thioether (sulfide) groups is 1. The molecule has 0 spiro atoms. The Morgan fingerprint density at radius 2 is 2.03 bits per heavy atom. The Kier molecular flexibility index (Phi) is 8.43. The van der Waals surface area contributed by atoms with Crippen molar-refractivity contribution in [2.75, 3.05) is 52.4 Å². The highest BCUT2D eigenvalue weighted by Gasteiger charge is 2.36. The van der Waals surface area contributed by atoms with Crippen molar-refractivity contribution in [3.05, 3.63) is 23.8 Å². The molecule has 2 saturated heterocycles. The van der Waals surface area contributed by atoms with E-state index in [2.05, 4.69) is 53.0 Å². The Hall–Kier alpha value is -0.870. The number of nitrogens with zero attached hydrogens (tertiary/aromatic N) is 2. The lowest BCUT2D eigenvalue weighted by Crippen LogP contribution is -2.52. The number of nitrogens with one attached hydrogen (secondary N) is 1. The fourth-order valence-corrected chi connectivity index (χ4v) is 5.71. The first-order valence-corrected chi connectivity index (χ1v) is 11.7. The largest absolute Gasteiger partial charge is 0.454 e. The number of guanidine groups is 1. The van der Waals surface area contributed by atoms with Crippen LogP contribution in [0.5, 0.6) is 11.5 Å². The highest BCUT2D eigenvalue weighted by atomic mass is 127. The Balaban J connectivity index is 0.00000256. The average Bonchev–Trinajstić information content (AvgIpc) is 3.23. The van der Waals surface area contributed by atoms with E-state index in [-0.39, 0.29) is 29.4 Å². The van der Waals surface area contributed by atoms with Crippen molar-refractivity contribution >= 4 is 41.7 Å².